The van der Waals surface area contributed by atoms with Gasteiger partial charge in [-0.05, 0) is 42.0 Å². The molecular weight excluding hydrogens is 549 g/mol. The molecule has 11 heteroatoms. The van der Waals surface area contributed by atoms with Crippen LogP contribution in [0.1, 0.15) is 11.1 Å². The van der Waals surface area contributed by atoms with Crippen LogP contribution in [0.4, 0.5) is 11.4 Å². The van der Waals surface area contributed by atoms with Crippen molar-refractivity contribution in [1.82, 2.24) is 5.43 Å². The van der Waals surface area contributed by atoms with Crippen LogP contribution >= 0.6 is 39.1 Å². The molecule has 1 aliphatic heterocycles. The fourth-order valence-corrected chi connectivity index (χ4v) is 4.04. The molecule has 172 valence electrons. The number of nitrogens with one attached hydrogen (secondary N) is 1. The maximum Gasteiger partial charge on any atom is 0.312 e. The molecule has 0 bridgehead atoms. The lowest BCUT2D eigenvalue weighted by molar-refractivity contribution is -0.386. The first-order chi connectivity index (χ1) is 16.2. The van der Waals surface area contributed by atoms with Crippen molar-refractivity contribution >= 4 is 68.4 Å². The summed E-state index contributed by atoms with van der Waals surface area (Å²) < 4.78 is 6.17. The molecule has 0 radical (unpaired) electrons. The molecule has 1 saturated heterocycles. The number of nitrogens with zero attached hydrogens (tertiary/aromatic N) is 2. The number of hydrogen-bond donors (Lipinski definition) is 1. The largest absolute Gasteiger partial charge is 0.482 e. The molecule has 4 rings (SSSR count). The summed E-state index contributed by atoms with van der Waals surface area (Å²) >= 11 is 15.2. The summed E-state index contributed by atoms with van der Waals surface area (Å²) in [5.74, 6) is -1.35. The van der Waals surface area contributed by atoms with Gasteiger partial charge in [-0.3, -0.25) is 25.1 Å². The van der Waals surface area contributed by atoms with Crippen molar-refractivity contribution < 1.29 is 19.2 Å². The van der Waals surface area contributed by atoms with E-state index in [2.05, 4.69) is 21.4 Å². The normalized spacial score (nSPS) is 14.4. The number of rotatable bonds is 6. The molecule has 1 N–H and O–H groups in total. The van der Waals surface area contributed by atoms with Gasteiger partial charge in [-0.25, -0.2) is 5.01 Å². The van der Waals surface area contributed by atoms with Gasteiger partial charge in [-0.2, -0.15) is 0 Å². The van der Waals surface area contributed by atoms with Crippen LogP contribution in [0.2, 0.25) is 10.0 Å². The zero-order valence-corrected chi connectivity index (χ0v) is 20.2. The highest BCUT2D eigenvalue weighted by molar-refractivity contribution is 9.10. The molecule has 2 amide bonds. The molecule has 3 aromatic carbocycles. The van der Waals surface area contributed by atoms with E-state index in [1.807, 2.05) is 0 Å². The first-order valence-corrected chi connectivity index (χ1v) is 11.3. The number of hydrazine groups is 1. The highest BCUT2D eigenvalue weighted by Gasteiger charge is 2.35. The van der Waals surface area contributed by atoms with Crippen molar-refractivity contribution in [3.8, 4) is 5.75 Å². The Balaban J connectivity index is 1.73. The van der Waals surface area contributed by atoms with E-state index in [0.29, 0.717) is 25.8 Å². The van der Waals surface area contributed by atoms with Crippen LogP contribution in [0, 0.1) is 10.1 Å². The summed E-state index contributed by atoms with van der Waals surface area (Å²) in [5, 5.41) is 13.5. The Morgan fingerprint density at radius 2 is 1.79 bits per heavy atom. The smallest absolute Gasteiger partial charge is 0.312 e. The summed E-state index contributed by atoms with van der Waals surface area (Å²) in [6.07, 6.45) is 1.27. The Morgan fingerprint density at radius 3 is 2.47 bits per heavy atom. The minimum Gasteiger partial charge on any atom is -0.482 e. The van der Waals surface area contributed by atoms with E-state index in [1.54, 1.807) is 48.5 Å². The van der Waals surface area contributed by atoms with Crippen LogP contribution < -0.4 is 15.2 Å². The standard InChI is InChI=1S/C23H14BrCl2N3O5/c24-15-9-14(10-17-22(30)27-28(23(17)31)16-4-2-1-3-5-16)21(20(11-15)29(32)33)34-12-13-6-7-18(25)19(26)8-13/h1-11H,12H2,(H,27,30)/b17-10-. The fourth-order valence-electron chi connectivity index (χ4n) is 3.26. The van der Waals surface area contributed by atoms with Crippen molar-refractivity contribution in [3.63, 3.8) is 0 Å². The summed E-state index contributed by atoms with van der Waals surface area (Å²) in [5.41, 5.74) is 3.22. The molecule has 0 saturated carbocycles. The molecule has 1 heterocycles. The van der Waals surface area contributed by atoms with Gasteiger partial charge in [-0.1, -0.05) is 63.4 Å². The van der Waals surface area contributed by atoms with E-state index in [0.717, 1.165) is 5.01 Å². The maximum atomic E-state index is 12.9. The minimum atomic E-state index is -0.646. The van der Waals surface area contributed by atoms with E-state index < -0.39 is 16.7 Å². The lowest BCUT2D eigenvalue weighted by Gasteiger charge is -2.14. The van der Waals surface area contributed by atoms with E-state index >= 15 is 0 Å². The van der Waals surface area contributed by atoms with Crippen LogP contribution in [0.25, 0.3) is 6.08 Å². The van der Waals surface area contributed by atoms with Gasteiger partial charge in [0.1, 0.15) is 12.2 Å². The van der Waals surface area contributed by atoms with Gasteiger partial charge in [0, 0.05) is 16.1 Å². The maximum absolute atomic E-state index is 12.9. The fraction of sp³-hybridized carbons (Fsp3) is 0.0435. The van der Waals surface area contributed by atoms with Crippen LogP contribution in [-0.4, -0.2) is 16.7 Å². The van der Waals surface area contributed by atoms with Crippen LogP contribution in [0.15, 0.2) is 70.7 Å². The number of para-hydroxylation sites is 1. The number of halogens is 3. The summed E-state index contributed by atoms with van der Waals surface area (Å²) in [7, 11) is 0. The summed E-state index contributed by atoms with van der Waals surface area (Å²) in [4.78, 5) is 36.6. The molecule has 0 aliphatic carbocycles. The lowest BCUT2D eigenvalue weighted by atomic mass is 10.1. The molecule has 8 nitrogen and oxygen atoms in total. The minimum absolute atomic E-state index is 0.0637. The number of anilines is 1. The van der Waals surface area contributed by atoms with Gasteiger partial charge in [-0.15, -0.1) is 0 Å². The number of amides is 2. The summed E-state index contributed by atoms with van der Waals surface area (Å²) in [6.45, 7) is -0.0637. The number of nitro groups is 1. The van der Waals surface area contributed by atoms with Gasteiger partial charge in [0.15, 0.2) is 0 Å². The zero-order valence-electron chi connectivity index (χ0n) is 17.1. The van der Waals surface area contributed by atoms with Crippen molar-refractivity contribution in [2.24, 2.45) is 0 Å². The van der Waals surface area contributed by atoms with Gasteiger partial charge in [0.2, 0.25) is 5.75 Å². The Morgan fingerprint density at radius 1 is 1.06 bits per heavy atom. The van der Waals surface area contributed by atoms with Crippen LogP contribution in [0.5, 0.6) is 5.75 Å². The quantitative estimate of drug-likeness (QED) is 0.179. The highest BCUT2D eigenvalue weighted by atomic mass is 79.9. The van der Waals surface area contributed by atoms with Gasteiger partial charge >= 0.3 is 5.69 Å². The van der Waals surface area contributed by atoms with E-state index in [1.165, 1.54) is 18.2 Å². The van der Waals surface area contributed by atoms with E-state index in [9.17, 15) is 19.7 Å². The van der Waals surface area contributed by atoms with Crippen molar-refractivity contribution in [3.05, 3.63) is 102 Å². The first-order valence-electron chi connectivity index (χ1n) is 9.71. The SMILES string of the molecule is O=C1NN(c2ccccc2)C(=O)/C1=C\c1cc(Br)cc([N+](=O)[O-])c1OCc1ccc(Cl)c(Cl)c1. The number of benzene rings is 3. The second-order valence-corrected chi connectivity index (χ2v) is 8.84. The van der Waals surface area contributed by atoms with Crippen LogP contribution in [-0.2, 0) is 16.2 Å². The Bertz CT molecular complexity index is 1350. The molecule has 0 spiro atoms. The second-order valence-electron chi connectivity index (χ2n) is 7.11. The first kappa shape index (κ1) is 23.7. The summed E-state index contributed by atoms with van der Waals surface area (Å²) in [6, 6.07) is 16.2. The average Bonchev–Trinajstić information content (AvgIpc) is 3.09. The Kier molecular flexibility index (Phi) is 6.87. The topological polar surface area (TPSA) is 102 Å². The molecule has 0 unspecified atom stereocenters. The predicted molar refractivity (Wildman–Crippen MR) is 132 cm³/mol. The molecule has 0 atom stereocenters. The van der Waals surface area contributed by atoms with Gasteiger partial charge < -0.3 is 4.74 Å². The number of carbonyl (C=O) groups is 2. The third kappa shape index (κ3) is 4.91. The average molecular weight is 563 g/mol. The van der Waals surface area contributed by atoms with E-state index in [-0.39, 0.29) is 29.2 Å². The number of ether oxygens (including phenoxy) is 1. The number of carbonyl (C=O) groups excluding carboxylic acids is 2. The Labute approximate surface area is 212 Å². The highest BCUT2D eigenvalue weighted by Crippen LogP contribution is 2.37. The third-order valence-electron chi connectivity index (χ3n) is 4.83. The molecule has 1 fully saturated rings. The molecule has 1 aliphatic rings. The lowest BCUT2D eigenvalue weighted by Crippen LogP contribution is -2.35. The molecule has 0 aromatic heterocycles. The predicted octanol–water partition coefficient (Wildman–Crippen LogP) is 5.70. The van der Waals surface area contributed by atoms with Crippen LogP contribution in [0.3, 0.4) is 0 Å². The van der Waals surface area contributed by atoms with Crippen molar-refractivity contribution in [1.29, 1.82) is 0 Å². The van der Waals surface area contributed by atoms with Gasteiger partial charge in [0.25, 0.3) is 11.8 Å². The van der Waals surface area contributed by atoms with E-state index in [4.69, 9.17) is 27.9 Å². The Hall–Kier alpha value is -3.40. The van der Waals surface area contributed by atoms with Crippen molar-refractivity contribution in [2.75, 3.05) is 5.01 Å². The second kappa shape index (κ2) is 9.84. The third-order valence-corrected chi connectivity index (χ3v) is 6.03. The number of hydrogen-bond acceptors (Lipinski definition) is 5. The van der Waals surface area contributed by atoms with Gasteiger partial charge in [0.05, 0.1) is 20.7 Å². The molecule has 3 aromatic rings. The molecular formula is C23H14BrCl2N3O5. The molecule has 34 heavy (non-hydrogen) atoms. The zero-order chi connectivity index (χ0) is 24.4. The monoisotopic (exact) mass is 561 g/mol. The number of nitro benzene ring substituents is 1. The van der Waals surface area contributed by atoms with Crippen molar-refractivity contribution in [2.45, 2.75) is 6.61 Å².